The predicted molar refractivity (Wildman–Crippen MR) is 97.8 cm³/mol. The number of epoxide rings is 2. The molecular formula is C22H18Br2O4. The van der Waals surface area contributed by atoms with Crippen molar-refractivity contribution in [3.05, 3.63) is 0 Å². The van der Waals surface area contributed by atoms with Crippen LogP contribution in [0.4, 0.5) is 0 Å². The van der Waals surface area contributed by atoms with Crippen LogP contribution >= 0.6 is 31.9 Å². The number of hydrogen-bond acceptors (Lipinski definition) is 4. The maximum absolute atomic E-state index is 7.21. The van der Waals surface area contributed by atoms with E-state index >= 15 is 0 Å². The highest BCUT2D eigenvalue weighted by atomic mass is 79.9. The number of alkyl halides is 2. The molecule has 144 valence electrons. The third kappa shape index (κ3) is 0.511. The fourth-order valence-corrected chi connectivity index (χ4v) is 20.8. The van der Waals surface area contributed by atoms with Crippen molar-refractivity contribution in [2.24, 2.45) is 71.0 Å². The SMILES string of the molecule is COC12[C@H]3C4C5[C@@H]6C7(OC)[C@H]4[C@]48O[C@]34[C@H]3C4C9[C@H](C31Br)[C@]1(O[C@]61[C@@H]9C7(Br)[C@@H]48)[C@@H]52. The van der Waals surface area contributed by atoms with Crippen molar-refractivity contribution in [3.63, 3.8) is 0 Å². The van der Waals surface area contributed by atoms with Crippen LogP contribution in [0.1, 0.15) is 0 Å². The quantitative estimate of drug-likeness (QED) is 0.422. The molecule has 28 heavy (non-hydrogen) atoms. The number of halogens is 2. The van der Waals surface area contributed by atoms with Crippen LogP contribution < -0.4 is 0 Å². The van der Waals surface area contributed by atoms with E-state index < -0.39 is 0 Å². The summed E-state index contributed by atoms with van der Waals surface area (Å²) in [5.74, 6) is 7.83. The van der Waals surface area contributed by atoms with Gasteiger partial charge in [0.25, 0.3) is 0 Å². The number of methoxy groups -OCH3 is 2. The van der Waals surface area contributed by atoms with E-state index in [1.54, 1.807) is 0 Å². The largest absolute Gasteiger partial charge is 0.376 e. The normalized spacial score (nSPS) is 104. The van der Waals surface area contributed by atoms with Crippen molar-refractivity contribution in [2.45, 2.75) is 42.3 Å². The molecule has 12 saturated carbocycles. The molecule has 2 aliphatic heterocycles. The van der Waals surface area contributed by atoms with Crippen molar-refractivity contribution in [1.82, 2.24) is 0 Å². The maximum atomic E-state index is 7.21. The van der Waals surface area contributed by atoms with Crippen molar-refractivity contribution in [3.8, 4) is 0 Å². The van der Waals surface area contributed by atoms with Crippen LogP contribution in [0.3, 0.4) is 0 Å². The highest BCUT2D eigenvalue weighted by Gasteiger charge is 3.26. The molecular weight excluding hydrogens is 488 g/mol. The van der Waals surface area contributed by atoms with Crippen LogP contribution in [0.2, 0.25) is 0 Å². The highest BCUT2D eigenvalue weighted by Crippen LogP contribution is 3.15. The lowest BCUT2D eigenvalue weighted by Crippen LogP contribution is -2.58. The van der Waals surface area contributed by atoms with Crippen LogP contribution in [0.15, 0.2) is 0 Å². The highest BCUT2D eigenvalue weighted by molar-refractivity contribution is 9.10. The third-order valence-electron chi connectivity index (χ3n) is 15.0. The van der Waals surface area contributed by atoms with Gasteiger partial charge in [0.15, 0.2) is 0 Å². The maximum Gasteiger partial charge on any atom is 0.109 e. The molecule has 8 unspecified atom stereocenters. The molecule has 0 aromatic rings. The van der Waals surface area contributed by atoms with Gasteiger partial charge < -0.3 is 18.9 Å². The second-order valence-corrected chi connectivity index (χ2v) is 15.7. The molecule has 0 bridgehead atoms. The van der Waals surface area contributed by atoms with E-state index in [2.05, 4.69) is 31.9 Å². The van der Waals surface area contributed by atoms with Gasteiger partial charge in [-0.25, -0.2) is 0 Å². The first-order valence-electron chi connectivity index (χ1n) is 11.4. The summed E-state index contributed by atoms with van der Waals surface area (Å²) in [6.07, 6.45) is 0. The van der Waals surface area contributed by atoms with Crippen LogP contribution in [0.5, 0.6) is 0 Å². The minimum Gasteiger partial charge on any atom is -0.376 e. The smallest absolute Gasteiger partial charge is 0.109 e. The lowest BCUT2D eigenvalue weighted by atomic mass is 9.72. The van der Waals surface area contributed by atoms with E-state index in [4.69, 9.17) is 18.9 Å². The zero-order valence-electron chi connectivity index (χ0n) is 15.3. The lowest BCUT2D eigenvalue weighted by Gasteiger charge is -2.47. The molecule has 0 amide bonds. The molecule has 4 nitrogen and oxygen atoms in total. The Bertz CT molecular complexity index is 1000. The number of rotatable bonds is 2. The van der Waals surface area contributed by atoms with Gasteiger partial charge in [0.2, 0.25) is 0 Å². The molecule has 14 fully saturated rings. The molecule has 0 aromatic carbocycles. The molecule has 0 N–H and O–H groups in total. The number of ether oxygens (including phenoxy) is 4. The van der Waals surface area contributed by atoms with E-state index in [0.717, 1.165) is 23.7 Å². The van der Waals surface area contributed by atoms with Crippen LogP contribution in [-0.2, 0) is 18.9 Å². The van der Waals surface area contributed by atoms with Crippen LogP contribution in [0, 0.1) is 71.0 Å². The van der Waals surface area contributed by atoms with Crippen molar-refractivity contribution in [1.29, 1.82) is 0 Å². The van der Waals surface area contributed by atoms with E-state index in [0.29, 0.717) is 47.3 Å². The van der Waals surface area contributed by atoms with E-state index in [-0.39, 0.29) is 42.3 Å². The first kappa shape index (κ1) is 13.4. The summed E-state index contributed by atoms with van der Waals surface area (Å²) >= 11 is 9.13. The average molecular weight is 506 g/mol. The summed E-state index contributed by atoms with van der Waals surface area (Å²) in [5.41, 5.74) is 0.218. The Kier molecular flexibility index (Phi) is 1.21. The molecule has 0 aromatic heterocycles. The summed E-state index contributed by atoms with van der Waals surface area (Å²) < 4.78 is 28.3. The fraction of sp³-hybridized carbons (Fsp3) is 1.00. The van der Waals surface area contributed by atoms with Gasteiger partial charge in [0.05, 0.1) is 19.9 Å². The van der Waals surface area contributed by atoms with Gasteiger partial charge in [-0.1, -0.05) is 31.9 Å². The molecule has 14 rings (SSSR count). The van der Waals surface area contributed by atoms with Gasteiger partial charge >= 0.3 is 0 Å². The summed E-state index contributed by atoms with van der Waals surface area (Å²) in [4.78, 5) is 0. The van der Waals surface area contributed by atoms with Gasteiger partial charge in [-0.3, -0.25) is 0 Å². The predicted octanol–water partition coefficient (Wildman–Crippen LogP) is 1.58. The molecule has 12 aliphatic carbocycles. The van der Waals surface area contributed by atoms with E-state index in [1.807, 2.05) is 14.2 Å². The van der Waals surface area contributed by atoms with E-state index in [9.17, 15) is 0 Å². The molecule has 6 heteroatoms. The topological polar surface area (TPSA) is 43.5 Å². The first-order valence-corrected chi connectivity index (χ1v) is 13.0. The van der Waals surface area contributed by atoms with Gasteiger partial charge in [0.1, 0.15) is 22.4 Å². The average Bonchev–Trinajstić information content (AvgIpc) is 3.11. The number of hydrogen-bond donors (Lipinski definition) is 0. The van der Waals surface area contributed by atoms with Crippen LogP contribution in [-0.4, -0.2) is 56.5 Å². The Morgan fingerprint density at radius 2 is 0.821 bits per heavy atom. The Morgan fingerprint density at radius 1 is 0.536 bits per heavy atom. The molecule has 2 saturated heterocycles. The van der Waals surface area contributed by atoms with Gasteiger partial charge in [-0.15, -0.1) is 0 Å². The zero-order valence-corrected chi connectivity index (χ0v) is 18.5. The van der Waals surface area contributed by atoms with Crippen molar-refractivity contribution < 1.29 is 18.9 Å². The van der Waals surface area contributed by atoms with Gasteiger partial charge in [-0.05, 0) is 23.7 Å². The second kappa shape index (κ2) is 2.53. The van der Waals surface area contributed by atoms with Crippen molar-refractivity contribution >= 4 is 31.9 Å². The minimum atomic E-state index is -0.0584. The van der Waals surface area contributed by atoms with Crippen molar-refractivity contribution in [2.75, 3.05) is 14.2 Å². The molecule has 0 radical (unpaired) electrons. The lowest BCUT2D eigenvalue weighted by molar-refractivity contribution is -0.118. The summed E-state index contributed by atoms with van der Waals surface area (Å²) in [6.45, 7) is 0. The zero-order chi connectivity index (χ0) is 17.8. The monoisotopic (exact) mass is 504 g/mol. The fourth-order valence-electron chi connectivity index (χ4n) is 16.9. The molecule has 14 aliphatic rings. The standard InChI is InChI=1S/C22H18Br2O4/c1-25-17-11-5-6-12(17)20-8-4-3-7(15(8,17)23)19(11)21(27-19)9(3)16(24)10(4)22(20,28-20)14(6)18(16,26-2)13(5)21/h3-14H,1-2H3/t3?,4?,5?,6?,7-,8+,9+,10-,11+,12-,13-,14+,15?,16?,17?,18?,19+,20-,21-,22+. The Balaban J connectivity index is 1.39. The molecule has 20 atom stereocenters. The van der Waals surface area contributed by atoms with Gasteiger partial charge in [0, 0.05) is 61.6 Å². The first-order chi connectivity index (χ1) is 13.5. The summed E-state index contributed by atoms with van der Waals surface area (Å²) in [5, 5.41) is 0. The third-order valence-corrected chi connectivity index (χ3v) is 18.2. The van der Waals surface area contributed by atoms with E-state index in [1.165, 1.54) is 0 Å². The molecule has 4 spiro atoms. The summed E-state index contributed by atoms with van der Waals surface area (Å²) in [6, 6.07) is 0. The Morgan fingerprint density at radius 3 is 1.11 bits per heavy atom. The summed E-state index contributed by atoms with van der Waals surface area (Å²) in [7, 11) is 4.06. The Labute approximate surface area is 178 Å². The second-order valence-electron chi connectivity index (χ2n) is 13.0. The minimum absolute atomic E-state index is 0.0584. The van der Waals surface area contributed by atoms with Gasteiger partial charge in [-0.2, -0.15) is 0 Å². The molecule has 2 heterocycles. The Hall–Kier alpha value is 0.800. The van der Waals surface area contributed by atoms with Crippen LogP contribution in [0.25, 0.3) is 0 Å².